The lowest BCUT2D eigenvalue weighted by molar-refractivity contribution is 0.569. The van der Waals surface area contributed by atoms with Gasteiger partial charge in [-0.3, -0.25) is 4.98 Å². The van der Waals surface area contributed by atoms with E-state index in [0.29, 0.717) is 5.92 Å². The van der Waals surface area contributed by atoms with E-state index in [2.05, 4.69) is 28.6 Å². The highest BCUT2D eigenvalue weighted by Gasteiger charge is 1.99. The molecule has 78 valence electrons. The van der Waals surface area contributed by atoms with Crippen LogP contribution in [0.5, 0.6) is 0 Å². The smallest absolute Gasteiger partial charge is 0.0393 e. The van der Waals surface area contributed by atoms with Crippen molar-refractivity contribution in [1.29, 1.82) is 0 Å². The van der Waals surface area contributed by atoms with Gasteiger partial charge in [-0.25, -0.2) is 0 Å². The van der Waals surface area contributed by atoms with Gasteiger partial charge in [0.2, 0.25) is 0 Å². The van der Waals surface area contributed by atoms with Crippen LogP contribution in [0.4, 0.5) is 5.69 Å². The van der Waals surface area contributed by atoms with E-state index >= 15 is 0 Å². The first-order valence-corrected chi connectivity index (χ1v) is 5.03. The van der Waals surface area contributed by atoms with Crippen molar-refractivity contribution in [1.82, 2.24) is 10.3 Å². The Kier molecular flexibility index (Phi) is 4.40. The molecule has 0 aliphatic rings. The zero-order valence-electron chi connectivity index (χ0n) is 9.17. The normalized spacial score (nSPS) is 12.5. The van der Waals surface area contributed by atoms with Crippen molar-refractivity contribution >= 4 is 5.69 Å². The minimum atomic E-state index is 0.633. The Balaban J connectivity index is 2.37. The molecule has 0 saturated heterocycles. The Morgan fingerprint density at radius 2 is 2.21 bits per heavy atom. The lowest BCUT2D eigenvalue weighted by atomic mass is 10.2. The molecule has 0 radical (unpaired) electrons. The van der Waals surface area contributed by atoms with Gasteiger partial charge in [0.25, 0.3) is 0 Å². The van der Waals surface area contributed by atoms with Crippen LogP contribution in [-0.4, -0.2) is 25.1 Å². The molecule has 0 aromatic carbocycles. The maximum Gasteiger partial charge on any atom is 0.0393 e. The number of hydrogen-bond acceptors (Lipinski definition) is 3. The maximum atomic E-state index is 4.15. The van der Waals surface area contributed by atoms with Gasteiger partial charge < -0.3 is 10.6 Å². The topological polar surface area (TPSA) is 37.0 Å². The molecule has 0 aliphatic heterocycles. The van der Waals surface area contributed by atoms with Crippen LogP contribution >= 0.6 is 0 Å². The Morgan fingerprint density at radius 3 is 2.86 bits per heavy atom. The number of aryl methyl sites for hydroxylation is 1. The summed E-state index contributed by atoms with van der Waals surface area (Å²) < 4.78 is 0. The summed E-state index contributed by atoms with van der Waals surface area (Å²) >= 11 is 0. The van der Waals surface area contributed by atoms with E-state index in [4.69, 9.17) is 0 Å². The van der Waals surface area contributed by atoms with Crippen molar-refractivity contribution < 1.29 is 0 Å². The number of nitrogens with one attached hydrogen (secondary N) is 2. The maximum absolute atomic E-state index is 4.15. The fourth-order valence-electron chi connectivity index (χ4n) is 1.37. The lowest BCUT2D eigenvalue weighted by Crippen LogP contribution is -2.22. The molecule has 0 spiro atoms. The van der Waals surface area contributed by atoms with E-state index in [-0.39, 0.29) is 0 Å². The van der Waals surface area contributed by atoms with E-state index in [9.17, 15) is 0 Å². The lowest BCUT2D eigenvalue weighted by Gasteiger charge is -2.12. The van der Waals surface area contributed by atoms with Crippen molar-refractivity contribution in [2.75, 3.05) is 25.5 Å². The van der Waals surface area contributed by atoms with Crippen LogP contribution in [0, 0.1) is 12.8 Å². The molecular formula is C11H19N3. The summed E-state index contributed by atoms with van der Waals surface area (Å²) in [6, 6.07) is 4.06. The van der Waals surface area contributed by atoms with Crippen molar-refractivity contribution in [3.05, 3.63) is 24.0 Å². The first kappa shape index (κ1) is 11.0. The second-order valence-corrected chi connectivity index (χ2v) is 3.73. The molecule has 0 saturated carbocycles. The fourth-order valence-corrected chi connectivity index (χ4v) is 1.37. The predicted molar refractivity (Wildman–Crippen MR) is 60.6 cm³/mol. The molecule has 1 aromatic rings. The Labute approximate surface area is 85.9 Å². The summed E-state index contributed by atoms with van der Waals surface area (Å²) in [7, 11) is 1.98. The van der Waals surface area contributed by atoms with Gasteiger partial charge in [-0.2, -0.15) is 0 Å². The standard InChI is InChI=1S/C11H19N3/c1-9(7-12-3)8-14-11-4-5-13-10(2)6-11/h4-6,9,12H,7-8H2,1-3H3,(H,13,14). The molecular weight excluding hydrogens is 174 g/mol. The molecule has 3 heteroatoms. The SMILES string of the molecule is CNCC(C)CNc1ccnc(C)c1. The predicted octanol–water partition coefficient (Wildman–Crippen LogP) is 1.66. The van der Waals surface area contributed by atoms with Gasteiger partial charge in [-0.05, 0) is 38.6 Å². The Bertz CT molecular complexity index is 273. The number of hydrogen-bond donors (Lipinski definition) is 2. The summed E-state index contributed by atoms with van der Waals surface area (Å²) in [6.45, 7) is 6.25. The van der Waals surface area contributed by atoms with Crippen LogP contribution in [0.3, 0.4) is 0 Å². The van der Waals surface area contributed by atoms with Crippen LogP contribution in [0.25, 0.3) is 0 Å². The molecule has 1 aromatic heterocycles. The summed E-state index contributed by atoms with van der Waals surface area (Å²) in [5.41, 5.74) is 2.21. The zero-order chi connectivity index (χ0) is 10.4. The third-order valence-electron chi connectivity index (χ3n) is 2.10. The molecule has 2 N–H and O–H groups in total. The van der Waals surface area contributed by atoms with E-state index in [1.165, 1.54) is 0 Å². The number of rotatable bonds is 5. The highest BCUT2D eigenvalue weighted by Crippen LogP contribution is 2.07. The average Bonchev–Trinajstić information content (AvgIpc) is 2.15. The highest BCUT2D eigenvalue weighted by molar-refractivity contribution is 5.42. The molecule has 0 amide bonds. The molecule has 0 aliphatic carbocycles. The second-order valence-electron chi connectivity index (χ2n) is 3.73. The van der Waals surface area contributed by atoms with Gasteiger partial charge in [0, 0.05) is 24.1 Å². The largest absolute Gasteiger partial charge is 0.385 e. The van der Waals surface area contributed by atoms with Gasteiger partial charge in [-0.1, -0.05) is 6.92 Å². The van der Waals surface area contributed by atoms with E-state index in [1.807, 2.05) is 26.2 Å². The van der Waals surface area contributed by atoms with E-state index in [0.717, 1.165) is 24.5 Å². The average molecular weight is 193 g/mol. The van der Waals surface area contributed by atoms with Crippen LogP contribution < -0.4 is 10.6 Å². The Morgan fingerprint density at radius 1 is 1.43 bits per heavy atom. The summed E-state index contributed by atoms with van der Waals surface area (Å²) in [5.74, 6) is 0.633. The van der Waals surface area contributed by atoms with Crippen LogP contribution in [0.15, 0.2) is 18.3 Å². The van der Waals surface area contributed by atoms with Crippen molar-refractivity contribution in [3.8, 4) is 0 Å². The summed E-state index contributed by atoms with van der Waals surface area (Å²) in [4.78, 5) is 4.15. The van der Waals surface area contributed by atoms with E-state index in [1.54, 1.807) is 0 Å². The van der Waals surface area contributed by atoms with Gasteiger partial charge >= 0.3 is 0 Å². The van der Waals surface area contributed by atoms with Gasteiger partial charge in [0.05, 0.1) is 0 Å². The van der Waals surface area contributed by atoms with Crippen LogP contribution in [-0.2, 0) is 0 Å². The summed E-state index contributed by atoms with van der Waals surface area (Å²) in [5, 5.41) is 6.55. The third-order valence-corrected chi connectivity index (χ3v) is 2.10. The molecule has 1 unspecified atom stereocenters. The molecule has 1 atom stereocenters. The quantitative estimate of drug-likeness (QED) is 0.746. The first-order valence-electron chi connectivity index (χ1n) is 5.03. The van der Waals surface area contributed by atoms with Crippen LogP contribution in [0.2, 0.25) is 0 Å². The third kappa shape index (κ3) is 3.75. The highest BCUT2D eigenvalue weighted by atomic mass is 14.9. The number of nitrogens with zero attached hydrogens (tertiary/aromatic N) is 1. The van der Waals surface area contributed by atoms with Crippen molar-refractivity contribution in [2.45, 2.75) is 13.8 Å². The van der Waals surface area contributed by atoms with Gasteiger partial charge in [-0.15, -0.1) is 0 Å². The van der Waals surface area contributed by atoms with E-state index < -0.39 is 0 Å². The van der Waals surface area contributed by atoms with Gasteiger partial charge in [0.15, 0.2) is 0 Å². The Hall–Kier alpha value is -1.09. The minimum Gasteiger partial charge on any atom is -0.385 e. The molecule has 14 heavy (non-hydrogen) atoms. The molecule has 1 rings (SSSR count). The number of pyridine rings is 1. The fraction of sp³-hybridized carbons (Fsp3) is 0.545. The monoisotopic (exact) mass is 193 g/mol. The molecule has 3 nitrogen and oxygen atoms in total. The van der Waals surface area contributed by atoms with Crippen LogP contribution in [0.1, 0.15) is 12.6 Å². The molecule has 0 bridgehead atoms. The zero-order valence-corrected chi connectivity index (χ0v) is 9.17. The molecule has 0 fully saturated rings. The minimum absolute atomic E-state index is 0.633. The van der Waals surface area contributed by atoms with Gasteiger partial charge in [0.1, 0.15) is 0 Å². The number of aromatic nitrogens is 1. The van der Waals surface area contributed by atoms with Crippen molar-refractivity contribution in [3.63, 3.8) is 0 Å². The first-order chi connectivity index (χ1) is 6.72. The van der Waals surface area contributed by atoms with Crippen molar-refractivity contribution in [2.24, 2.45) is 5.92 Å². The second kappa shape index (κ2) is 5.60. The number of anilines is 1. The molecule has 1 heterocycles. The summed E-state index contributed by atoms with van der Waals surface area (Å²) in [6.07, 6.45) is 1.83.